The Morgan fingerprint density at radius 2 is 2.00 bits per heavy atom. The number of nitrogens with zero attached hydrogens (tertiary/aromatic N) is 2. The Bertz CT molecular complexity index is 603. The highest BCUT2D eigenvalue weighted by molar-refractivity contribution is 5.80. The topological polar surface area (TPSA) is 31.6 Å². The van der Waals surface area contributed by atoms with Crippen molar-refractivity contribution < 1.29 is 4.42 Å². The van der Waals surface area contributed by atoms with Crippen molar-refractivity contribution >= 4 is 11.0 Å². The quantitative estimate of drug-likeness (QED) is 0.933. The Hall–Kier alpha value is -1.36. The molecular formula is C17H23N3O. The molecule has 2 aromatic rings. The van der Waals surface area contributed by atoms with Crippen molar-refractivity contribution in [1.29, 1.82) is 0 Å². The average Bonchev–Trinajstić information content (AvgIpc) is 3.17. The van der Waals surface area contributed by atoms with Crippen LogP contribution in [0.3, 0.4) is 0 Å². The molecule has 0 saturated carbocycles. The van der Waals surface area contributed by atoms with Gasteiger partial charge in [-0.15, -0.1) is 0 Å². The second-order valence-electron chi connectivity index (χ2n) is 6.22. The van der Waals surface area contributed by atoms with Gasteiger partial charge in [0.25, 0.3) is 0 Å². The number of rotatable bonds is 3. The second-order valence-corrected chi connectivity index (χ2v) is 6.22. The molecule has 2 aliphatic rings. The molecule has 112 valence electrons. The molecule has 0 aliphatic carbocycles. The second kappa shape index (κ2) is 5.79. The zero-order chi connectivity index (χ0) is 14.1. The van der Waals surface area contributed by atoms with Crippen LogP contribution >= 0.6 is 0 Å². The SMILES string of the molecule is c1ccc2c(CN3CCC(N4CCNCC4)C3)coc2c1. The van der Waals surface area contributed by atoms with E-state index in [1.165, 1.54) is 43.5 Å². The highest BCUT2D eigenvalue weighted by Gasteiger charge is 2.28. The molecule has 4 rings (SSSR count). The molecule has 1 aromatic carbocycles. The van der Waals surface area contributed by atoms with Gasteiger partial charge in [0, 0.05) is 62.8 Å². The van der Waals surface area contributed by atoms with Gasteiger partial charge in [-0.05, 0) is 12.5 Å². The summed E-state index contributed by atoms with van der Waals surface area (Å²) in [6, 6.07) is 9.08. The van der Waals surface area contributed by atoms with E-state index in [9.17, 15) is 0 Å². The summed E-state index contributed by atoms with van der Waals surface area (Å²) >= 11 is 0. The summed E-state index contributed by atoms with van der Waals surface area (Å²) in [7, 11) is 0. The summed E-state index contributed by atoms with van der Waals surface area (Å²) in [5.74, 6) is 0. The lowest BCUT2D eigenvalue weighted by molar-refractivity contribution is 0.170. The van der Waals surface area contributed by atoms with E-state index >= 15 is 0 Å². The third-order valence-electron chi connectivity index (χ3n) is 4.87. The van der Waals surface area contributed by atoms with E-state index in [1.807, 2.05) is 18.4 Å². The van der Waals surface area contributed by atoms with Crippen LogP contribution in [-0.4, -0.2) is 55.1 Å². The number of benzene rings is 1. The molecular weight excluding hydrogens is 262 g/mol. The van der Waals surface area contributed by atoms with Crippen molar-refractivity contribution in [2.45, 2.75) is 19.0 Å². The molecule has 2 saturated heterocycles. The summed E-state index contributed by atoms with van der Waals surface area (Å²) in [6.45, 7) is 8.10. The van der Waals surface area contributed by atoms with Gasteiger partial charge in [0.2, 0.25) is 0 Å². The Morgan fingerprint density at radius 1 is 1.14 bits per heavy atom. The monoisotopic (exact) mass is 285 g/mol. The average molecular weight is 285 g/mol. The van der Waals surface area contributed by atoms with Crippen LogP contribution in [0.4, 0.5) is 0 Å². The number of furan rings is 1. The molecule has 1 atom stereocenters. The lowest BCUT2D eigenvalue weighted by Gasteiger charge is -2.32. The van der Waals surface area contributed by atoms with Crippen LogP contribution in [0.1, 0.15) is 12.0 Å². The number of hydrogen-bond acceptors (Lipinski definition) is 4. The van der Waals surface area contributed by atoms with Crippen LogP contribution in [0.5, 0.6) is 0 Å². The van der Waals surface area contributed by atoms with Gasteiger partial charge in [-0.25, -0.2) is 0 Å². The predicted molar refractivity (Wildman–Crippen MR) is 84.3 cm³/mol. The van der Waals surface area contributed by atoms with Crippen molar-refractivity contribution in [2.24, 2.45) is 0 Å². The van der Waals surface area contributed by atoms with Crippen molar-refractivity contribution in [1.82, 2.24) is 15.1 Å². The van der Waals surface area contributed by atoms with E-state index in [4.69, 9.17) is 4.42 Å². The maximum Gasteiger partial charge on any atom is 0.134 e. The minimum absolute atomic E-state index is 0.741. The summed E-state index contributed by atoms with van der Waals surface area (Å²) in [4.78, 5) is 5.23. The van der Waals surface area contributed by atoms with Gasteiger partial charge in [0.05, 0.1) is 6.26 Å². The maximum absolute atomic E-state index is 5.66. The minimum Gasteiger partial charge on any atom is -0.464 e. The molecule has 1 N–H and O–H groups in total. The molecule has 0 spiro atoms. The molecule has 0 amide bonds. The fourth-order valence-electron chi connectivity index (χ4n) is 3.70. The predicted octanol–water partition coefficient (Wildman–Crippen LogP) is 1.91. The molecule has 2 fully saturated rings. The third kappa shape index (κ3) is 2.71. The maximum atomic E-state index is 5.66. The fraction of sp³-hybridized carbons (Fsp3) is 0.529. The highest BCUT2D eigenvalue weighted by atomic mass is 16.3. The van der Waals surface area contributed by atoms with E-state index in [-0.39, 0.29) is 0 Å². The fourth-order valence-corrected chi connectivity index (χ4v) is 3.70. The van der Waals surface area contributed by atoms with E-state index in [0.29, 0.717) is 0 Å². The largest absolute Gasteiger partial charge is 0.464 e. The van der Waals surface area contributed by atoms with E-state index in [1.54, 1.807) is 0 Å². The van der Waals surface area contributed by atoms with E-state index < -0.39 is 0 Å². The number of nitrogens with one attached hydrogen (secondary N) is 1. The van der Waals surface area contributed by atoms with Gasteiger partial charge < -0.3 is 9.73 Å². The molecule has 1 unspecified atom stereocenters. The van der Waals surface area contributed by atoms with Crippen LogP contribution in [-0.2, 0) is 6.54 Å². The molecule has 1 aromatic heterocycles. The summed E-state index contributed by atoms with van der Waals surface area (Å²) in [5, 5.41) is 4.70. The van der Waals surface area contributed by atoms with Crippen molar-refractivity contribution in [3.63, 3.8) is 0 Å². The van der Waals surface area contributed by atoms with Gasteiger partial charge in [-0.1, -0.05) is 18.2 Å². The third-order valence-corrected chi connectivity index (χ3v) is 4.87. The van der Waals surface area contributed by atoms with Crippen molar-refractivity contribution in [2.75, 3.05) is 39.3 Å². The first-order valence-corrected chi connectivity index (χ1v) is 8.02. The molecule has 4 nitrogen and oxygen atoms in total. The zero-order valence-corrected chi connectivity index (χ0v) is 12.4. The van der Waals surface area contributed by atoms with Gasteiger partial charge in [0.15, 0.2) is 0 Å². The number of hydrogen-bond donors (Lipinski definition) is 1. The molecule has 3 heterocycles. The van der Waals surface area contributed by atoms with Gasteiger partial charge in [-0.2, -0.15) is 0 Å². The molecule has 2 aliphatic heterocycles. The summed E-state index contributed by atoms with van der Waals surface area (Å²) in [5.41, 5.74) is 2.33. The summed E-state index contributed by atoms with van der Waals surface area (Å²) < 4.78 is 5.66. The zero-order valence-electron chi connectivity index (χ0n) is 12.4. The number of likely N-dealkylation sites (tertiary alicyclic amines) is 1. The first-order valence-electron chi connectivity index (χ1n) is 8.02. The first-order chi connectivity index (χ1) is 10.4. The van der Waals surface area contributed by atoms with Crippen LogP contribution in [0.15, 0.2) is 34.9 Å². The Labute approximate surface area is 125 Å². The van der Waals surface area contributed by atoms with Crippen molar-refractivity contribution in [3.8, 4) is 0 Å². The van der Waals surface area contributed by atoms with Gasteiger partial charge in [-0.3, -0.25) is 9.80 Å². The first kappa shape index (κ1) is 13.3. The molecule has 0 radical (unpaired) electrons. The smallest absolute Gasteiger partial charge is 0.134 e. The number of fused-ring (bicyclic) bond motifs is 1. The van der Waals surface area contributed by atoms with Crippen LogP contribution in [0.25, 0.3) is 11.0 Å². The van der Waals surface area contributed by atoms with Gasteiger partial charge in [0.1, 0.15) is 5.58 Å². The van der Waals surface area contributed by atoms with E-state index in [2.05, 4.69) is 27.2 Å². The van der Waals surface area contributed by atoms with Crippen LogP contribution < -0.4 is 5.32 Å². The lowest BCUT2D eigenvalue weighted by atomic mass is 10.1. The number of para-hydroxylation sites is 1. The Balaban J connectivity index is 1.42. The van der Waals surface area contributed by atoms with Gasteiger partial charge >= 0.3 is 0 Å². The van der Waals surface area contributed by atoms with E-state index in [0.717, 1.165) is 31.3 Å². The minimum atomic E-state index is 0.741. The van der Waals surface area contributed by atoms with Crippen LogP contribution in [0, 0.1) is 0 Å². The standard InChI is InChI=1S/C17H23N3O/c1-2-4-17-16(3-1)14(13-21-17)11-19-8-5-15(12-19)20-9-6-18-7-10-20/h1-4,13,15,18H,5-12H2. The molecule has 21 heavy (non-hydrogen) atoms. The summed E-state index contributed by atoms with van der Waals surface area (Å²) in [6.07, 6.45) is 3.23. The highest BCUT2D eigenvalue weighted by Crippen LogP contribution is 2.24. The lowest BCUT2D eigenvalue weighted by Crippen LogP contribution is -2.49. The number of piperazine rings is 1. The normalized spacial score (nSPS) is 24.9. The van der Waals surface area contributed by atoms with Crippen molar-refractivity contribution in [3.05, 3.63) is 36.1 Å². The Morgan fingerprint density at radius 3 is 2.90 bits per heavy atom. The Kier molecular flexibility index (Phi) is 3.67. The molecule has 0 bridgehead atoms. The molecule has 4 heteroatoms. The van der Waals surface area contributed by atoms with Crippen LogP contribution in [0.2, 0.25) is 0 Å².